The molecule has 0 aromatic heterocycles. The van der Waals surface area contributed by atoms with Crippen molar-refractivity contribution in [2.24, 2.45) is 0 Å². The number of hydrogen-bond acceptors (Lipinski definition) is 4. The Labute approximate surface area is 161 Å². The third-order valence-electron chi connectivity index (χ3n) is 4.63. The summed E-state index contributed by atoms with van der Waals surface area (Å²) in [7, 11) is -6.82. The summed E-state index contributed by atoms with van der Waals surface area (Å²) < 4.78 is 53.4. The van der Waals surface area contributed by atoms with E-state index in [1.807, 2.05) is 30.3 Å². The third kappa shape index (κ3) is 4.81. The SMILES string of the molecule is CCS(=O)(=O)N1CCCc2cc(NS(=O)(=O)CCc3ccccc3)ccc21. The zero-order valence-electron chi connectivity index (χ0n) is 15.3. The number of nitrogens with one attached hydrogen (secondary N) is 1. The van der Waals surface area contributed by atoms with Crippen LogP contribution >= 0.6 is 0 Å². The van der Waals surface area contributed by atoms with Crippen LogP contribution in [0.1, 0.15) is 24.5 Å². The van der Waals surface area contributed by atoms with E-state index in [9.17, 15) is 16.8 Å². The molecular formula is C19H24N2O4S2. The number of nitrogens with zero attached hydrogens (tertiary/aromatic N) is 1. The summed E-state index contributed by atoms with van der Waals surface area (Å²) in [6.07, 6.45) is 1.88. The summed E-state index contributed by atoms with van der Waals surface area (Å²) in [5.41, 5.74) is 2.93. The Kier molecular flexibility index (Phi) is 5.76. The van der Waals surface area contributed by atoms with E-state index in [-0.39, 0.29) is 11.5 Å². The minimum absolute atomic E-state index is 0.00949. The Hall–Kier alpha value is -2.06. The highest BCUT2D eigenvalue weighted by atomic mass is 32.2. The maximum Gasteiger partial charge on any atom is 0.234 e. The van der Waals surface area contributed by atoms with Crippen molar-refractivity contribution in [1.29, 1.82) is 0 Å². The molecule has 1 N–H and O–H groups in total. The van der Waals surface area contributed by atoms with Crippen LogP contribution in [0.15, 0.2) is 48.5 Å². The molecule has 0 saturated heterocycles. The Balaban J connectivity index is 1.75. The van der Waals surface area contributed by atoms with Crippen molar-refractivity contribution >= 4 is 31.4 Å². The molecule has 3 rings (SSSR count). The average molecular weight is 409 g/mol. The van der Waals surface area contributed by atoms with Crippen molar-refractivity contribution in [3.8, 4) is 0 Å². The van der Waals surface area contributed by atoms with Gasteiger partial charge in [-0.2, -0.15) is 0 Å². The molecule has 0 fully saturated rings. The first-order chi connectivity index (χ1) is 12.8. The predicted molar refractivity (Wildman–Crippen MR) is 109 cm³/mol. The van der Waals surface area contributed by atoms with E-state index in [2.05, 4.69) is 4.72 Å². The van der Waals surface area contributed by atoms with Crippen LogP contribution in [0.4, 0.5) is 11.4 Å². The predicted octanol–water partition coefficient (Wildman–Crippen LogP) is 2.77. The lowest BCUT2D eigenvalue weighted by molar-refractivity contribution is 0.587. The van der Waals surface area contributed by atoms with Gasteiger partial charge in [-0.05, 0) is 55.5 Å². The average Bonchev–Trinajstić information content (AvgIpc) is 2.66. The van der Waals surface area contributed by atoms with Gasteiger partial charge in [0.2, 0.25) is 20.0 Å². The number of anilines is 2. The summed E-state index contributed by atoms with van der Waals surface area (Å²) >= 11 is 0. The molecule has 0 unspecified atom stereocenters. The molecule has 1 aliphatic rings. The van der Waals surface area contributed by atoms with E-state index in [0.29, 0.717) is 24.3 Å². The minimum atomic E-state index is -3.49. The second-order valence-corrected chi connectivity index (χ2v) is 10.6. The third-order valence-corrected chi connectivity index (χ3v) is 7.70. The first-order valence-electron chi connectivity index (χ1n) is 8.98. The molecule has 0 radical (unpaired) electrons. The van der Waals surface area contributed by atoms with E-state index in [1.54, 1.807) is 25.1 Å². The fourth-order valence-corrected chi connectivity index (χ4v) is 5.49. The Morgan fingerprint density at radius 3 is 2.48 bits per heavy atom. The van der Waals surface area contributed by atoms with Gasteiger partial charge >= 0.3 is 0 Å². The summed E-state index contributed by atoms with van der Waals surface area (Å²) in [5, 5.41) is 0. The van der Waals surface area contributed by atoms with Crippen LogP contribution in [0, 0.1) is 0 Å². The van der Waals surface area contributed by atoms with Crippen molar-refractivity contribution in [2.45, 2.75) is 26.2 Å². The van der Waals surface area contributed by atoms with Gasteiger partial charge in [0, 0.05) is 12.2 Å². The summed E-state index contributed by atoms with van der Waals surface area (Å²) in [5.74, 6) is 0.0325. The lowest BCUT2D eigenvalue weighted by Gasteiger charge is -2.30. The van der Waals surface area contributed by atoms with Gasteiger partial charge in [-0.25, -0.2) is 16.8 Å². The molecular weight excluding hydrogens is 384 g/mol. The molecule has 0 amide bonds. The highest BCUT2D eigenvalue weighted by molar-refractivity contribution is 7.93. The molecule has 0 atom stereocenters. The summed E-state index contributed by atoms with van der Waals surface area (Å²) in [6.45, 7) is 2.09. The zero-order chi connectivity index (χ0) is 19.5. The molecule has 2 aromatic rings. The van der Waals surface area contributed by atoms with Gasteiger partial charge in [-0.1, -0.05) is 30.3 Å². The van der Waals surface area contributed by atoms with Gasteiger partial charge < -0.3 is 0 Å². The van der Waals surface area contributed by atoms with E-state index < -0.39 is 20.0 Å². The molecule has 0 spiro atoms. The van der Waals surface area contributed by atoms with Crippen molar-refractivity contribution in [3.05, 3.63) is 59.7 Å². The molecule has 1 heterocycles. The second kappa shape index (κ2) is 7.90. The van der Waals surface area contributed by atoms with Crippen molar-refractivity contribution < 1.29 is 16.8 Å². The van der Waals surface area contributed by atoms with Crippen LogP contribution in [-0.2, 0) is 32.9 Å². The maximum atomic E-state index is 12.4. The van der Waals surface area contributed by atoms with Crippen molar-refractivity contribution in [1.82, 2.24) is 0 Å². The lowest BCUT2D eigenvalue weighted by atomic mass is 10.0. The quantitative estimate of drug-likeness (QED) is 0.764. The standard InChI is InChI=1S/C19H24N2O4S2/c1-2-27(24,25)21-13-6-9-17-15-18(10-11-19(17)21)20-26(22,23)14-12-16-7-4-3-5-8-16/h3-5,7-8,10-11,15,20H,2,6,9,12-14H2,1H3. The van der Waals surface area contributed by atoms with Gasteiger partial charge in [0.05, 0.1) is 17.2 Å². The fraction of sp³-hybridized carbons (Fsp3) is 0.368. The molecule has 2 aromatic carbocycles. The largest absolute Gasteiger partial charge is 0.284 e. The Bertz CT molecular complexity index is 1000. The number of fused-ring (bicyclic) bond motifs is 1. The molecule has 146 valence electrons. The van der Waals surface area contributed by atoms with E-state index >= 15 is 0 Å². The van der Waals surface area contributed by atoms with Crippen LogP contribution in [-0.4, -0.2) is 34.9 Å². The molecule has 0 saturated carbocycles. The minimum Gasteiger partial charge on any atom is -0.284 e. The highest BCUT2D eigenvalue weighted by Gasteiger charge is 2.26. The monoisotopic (exact) mass is 408 g/mol. The summed E-state index contributed by atoms with van der Waals surface area (Å²) in [6, 6.07) is 14.5. The Morgan fingerprint density at radius 2 is 1.78 bits per heavy atom. The molecule has 27 heavy (non-hydrogen) atoms. The highest BCUT2D eigenvalue weighted by Crippen LogP contribution is 2.32. The van der Waals surface area contributed by atoms with Gasteiger partial charge in [-0.3, -0.25) is 9.03 Å². The van der Waals surface area contributed by atoms with Crippen LogP contribution in [0.2, 0.25) is 0 Å². The number of aryl methyl sites for hydroxylation is 2. The first-order valence-corrected chi connectivity index (χ1v) is 12.2. The van der Waals surface area contributed by atoms with Gasteiger partial charge in [-0.15, -0.1) is 0 Å². The maximum absolute atomic E-state index is 12.4. The second-order valence-electron chi connectivity index (χ2n) is 6.58. The Morgan fingerprint density at radius 1 is 1.04 bits per heavy atom. The smallest absolute Gasteiger partial charge is 0.234 e. The van der Waals surface area contributed by atoms with Crippen LogP contribution < -0.4 is 9.03 Å². The van der Waals surface area contributed by atoms with Crippen molar-refractivity contribution in [3.63, 3.8) is 0 Å². The van der Waals surface area contributed by atoms with E-state index in [1.165, 1.54) is 4.31 Å². The number of rotatable bonds is 7. The zero-order valence-corrected chi connectivity index (χ0v) is 16.9. The van der Waals surface area contributed by atoms with Crippen LogP contribution in [0.3, 0.4) is 0 Å². The van der Waals surface area contributed by atoms with Gasteiger partial charge in [0.15, 0.2) is 0 Å². The van der Waals surface area contributed by atoms with Crippen LogP contribution in [0.25, 0.3) is 0 Å². The van der Waals surface area contributed by atoms with Gasteiger partial charge in [0.25, 0.3) is 0 Å². The molecule has 0 aliphatic carbocycles. The fourth-order valence-electron chi connectivity index (χ4n) is 3.20. The lowest BCUT2D eigenvalue weighted by Crippen LogP contribution is -2.36. The normalized spacial score (nSPS) is 14.6. The number of benzene rings is 2. The first kappa shape index (κ1) is 19.7. The molecule has 8 heteroatoms. The molecule has 6 nitrogen and oxygen atoms in total. The van der Waals surface area contributed by atoms with E-state index in [0.717, 1.165) is 24.0 Å². The van der Waals surface area contributed by atoms with Crippen LogP contribution in [0.5, 0.6) is 0 Å². The van der Waals surface area contributed by atoms with Crippen molar-refractivity contribution in [2.75, 3.05) is 27.1 Å². The molecule has 0 bridgehead atoms. The van der Waals surface area contributed by atoms with E-state index in [4.69, 9.17) is 0 Å². The number of hydrogen-bond donors (Lipinski definition) is 1. The topological polar surface area (TPSA) is 83.6 Å². The molecule has 1 aliphatic heterocycles. The summed E-state index contributed by atoms with van der Waals surface area (Å²) in [4.78, 5) is 0. The number of sulfonamides is 2. The van der Waals surface area contributed by atoms with Gasteiger partial charge in [0.1, 0.15) is 0 Å².